The van der Waals surface area contributed by atoms with Gasteiger partial charge in [0.05, 0.1) is 6.20 Å². The molecular formula is C9H12N4. The summed E-state index contributed by atoms with van der Waals surface area (Å²) < 4.78 is 1.71. The fraction of sp³-hybridized carbons (Fsp3) is 0.556. The van der Waals surface area contributed by atoms with E-state index in [1.807, 2.05) is 6.20 Å². The van der Waals surface area contributed by atoms with Crippen LogP contribution in [-0.2, 0) is 6.42 Å². The van der Waals surface area contributed by atoms with Crippen LogP contribution in [0.1, 0.15) is 37.1 Å². The van der Waals surface area contributed by atoms with E-state index in [1.54, 1.807) is 4.63 Å². The van der Waals surface area contributed by atoms with Crippen LogP contribution in [0, 0.1) is 0 Å². The molecule has 2 heterocycles. The molecule has 0 spiro atoms. The quantitative estimate of drug-likeness (QED) is 0.753. The molecule has 68 valence electrons. The lowest BCUT2D eigenvalue weighted by Crippen LogP contribution is -1.87. The summed E-state index contributed by atoms with van der Waals surface area (Å²) >= 11 is 0. The molecule has 2 aromatic rings. The van der Waals surface area contributed by atoms with Gasteiger partial charge in [0.15, 0.2) is 5.65 Å². The molecule has 4 heteroatoms. The Morgan fingerprint density at radius 2 is 2.46 bits per heavy atom. The summed E-state index contributed by atoms with van der Waals surface area (Å²) in [6, 6.07) is 0. The van der Waals surface area contributed by atoms with Crippen molar-refractivity contribution in [2.24, 2.45) is 0 Å². The molecule has 2 aromatic heterocycles. The first kappa shape index (κ1) is 7.12. The monoisotopic (exact) mass is 176 g/mol. The maximum atomic E-state index is 4.39. The van der Waals surface area contributed by atoms with Gasteiger partial charge in [-0.2, -0.15) is 5.10 Å². The highest BCUT2D eigenvalue weighted by Crippen LogP contribution is 2.38. The number of fused-ring (bicyclic) bond motifs is 1. The smallest absolute Gasteiger partial charge is 0.158 e. The highest BCUT2D eigenvalue weighted by Gasteiger charge is 2.27. The van der Waals surface area contributed by atoms with Crippen LogP contribution in [0.3, 0.4) is 0 Å². The number of aromatic nitrogens is 4. The molecule has 1 N–H and O–H groups in total. The SMILES string of the molecule is CCc1cnn2nc(C3CC3)[nH]c12. The van der Waals surface area contributed by atoms with Crippen molar-refractivity contribution >= 4 is 5.65 Å². The zero-order chi connectivity index (χ0) is 8.84. The Labute approximate surface area is 76.0 Å². The molecule has 0 amide bonds. The van der Waals surface area contributed by atoms with Crippen LogP contribution in [0.4, 0.5) is 0 Å². The van der Waals surface area contributed by atoms with Gasteiger partial charge in [-0.3, -0.25) is 0 Å². The van der Waals surface area contributed by atoms with Crippen molar-refractivity contribution in [1.29, 1.82) is 0 Å². The van der Waals surface area contributed by atoms with Gasteiger partial charge in [0.1, 0.15) is 5.82 Å². The summed E-state index contributed by atoms with van der Waals surface area (Å²) in [6.45, 7) is 2.13. The molecule has 1 aliphatic carbocycles. The molecule has 4 nitrogen and oxygen atoms in total. The van der Waals surface area contributed by atoms with Gasteiger partial charge in [0, 0.05) is 11.5 Å². The van der Waals surface area contributed by atoms with E-state index in [0.717, 1.165) is 17.9 Å². The number of nitrogens with zero attached hydrogens (tertiary/aromatic N) is 3. The van der Waals surface area contributed by atoms with Crippen LogP contribution in [-0.4, -0.2) is 19.8 Å². The maximum absolute atomic E-state index is 4.39. The first-order valence-corrected chi connectivity index (χ1v) is 4.81. The Bertz CT molecular complexity index is 435. The van der Waals surface area contributed by atoms with Crippen molar-refractivity contribution in [3.8, 4) is 0 Å². The second-order valence-corrected chi connectivity index (χ2v) is 3.65. The van der Waals surface area contributed by atoms with E-state index in [9.17, 15) is 0 Å². The van der Waals surface area contributed by atoms with E-state index < -0.39 is 0 Å². The molecule has 1 saturated carbocycles. The lowest BCUT2D eigenvalue weighted by Gasteiger charge is -1.86. The maximum Gasteiger partial charge on any atom is 0.158 e. The third-order valence-electron chi connectivity index (χ3n) is 2.62. The predicted molar refractivity (Wildman–Crippen MR) is 48.7 cm³/mol. The molecule has 0 aliphatic heterocycles. The molecule has 0 atom stereocenters. The van der Waals surface area contributed by atoms with Crippen LogP contribution in [0.5, 0.6) is 0 Å². The van der Waals surface area contributed by atoms with Crippen molar-refractivity contribution in [2.45, 2.75) is 32.1 Å². The number of hydrogen-bond donors (Lipinski definition) is 1. The fourth-order valence-corrected chi connectivity index (χ4v) is 1.63. The predicted octanol–water partition coefficient (Wildman–Crippen LogP) is 1.50. The first-order chi connectivity index (χ1) is 6.38. The van der Waals surface area contributed by atoms with Crippen molar-refractivity contribution in [1.82, 2.24) is 19.8 Å². The van der Waals surface area contributed by atoms with Crippen molar-refractivity contribution in [3.63, 3.8) is 0 Å². The highest BCUT2D eigenvalue weighted by atomic mass is 15.5. The second-order valence-electron chi connectivity index (χ2n) is 3.65. The standard InChI is InChI=1S/C9H12N4/c1-2-6-5-10-13-9(6)11-8(12-13)7-3-4-7/h5,7H,2-4H2,1H3,(H,11,12). The Balaban J connectivity index is 2.16. The van der Waals surface area contributed by atoms with E-state index in [0.29, 0.717) is 5.92 Å². The lowest BCUT2D eigenvalue weighted by atomic mass is 10.3. The van der Waals surface area contributed by atoms with E-state index >= 15 is 0 Å². The molecule has 1 fully saturated rings. The number of hydrogen-bond acceptors (Lipinski definition) is 2. The van der Waals surface area contributed by atoms with Gasteiger partial charge in [-0.25, -0.2) is 0 Å². The normalized spacial score (nSPS) is 17.0. The lowest BCUT2D eigenvalue weighted by molar-refractivity contribution is 0.785. The van der Waals surface area contributed by atoms with Gasteiger partial charge in [-0.1, -0.05) is 6.92 Å². The molecule has 0 unspecified atom stereocenters. The Morgan fingerprint density at radius 1 is 1.62 bits per heavy atom. The molecule has 3 rings (SSSR count). The molecule has 0 radical (unpaired) electrons. The van der Waals surface area contributed by atoms with Crippen molar-refractivity contribution in [2.75, 3.05) is 0 Å². The largest absolute Gasteiger partial charge is 0.325 e. The van der Waals surface area contributed by atoms with E-state index in [2.05, 4.69) is 22.1 Å². The van der Waals surface area contributed by atoms with Crippen molar-refractivity contribution in [3.05, 3.63) is 17.6 Å². The number of aryl methyl sites for hydroxylation is 1. The minimum absolute atomic E-state index is 0.673. The molecule has 0 bridgehead atoms. The summed E-state index contributed by atoms with van der Waals surface area (Å²) in [5.41, 5.74) is 2.32. The zero-order valence-electron chi connectivity index (χ0n) is 7.62. The van der Waals surface area contributed by atoms with Crippen molar-refractivity contribution < 1.29 is 0 Å². The minimum Gasteiger partial charge on any atom is -0.325 e. The number of H-pyrrole nitrogens is 1. The minimum atomic E-state index is 0.673. The average Bonchev–Trinajstić information content (AvgIpc) is 2.78. The molecular weight excluding hydrogens is 164 g/mol. The van der Waals surface area contributed by atoms with E-state index in [4.69, 9.17) is 0 Å². The summed E-state index contributed by atoms with van der Waals surface area (Å²) in [6.07, 6.45) is 5.45. The number of aromatic amines is 1. The van der Waals surface area contributed by atoms with E-state index in [-0.39, 0.29) is 0 Å². The first-order valence-electron chi connectivity index (χ1n) is 4.81. The summed E-state index contributed by atoms with van der Waals surface area (Å²) in [7, 11) is 0. The van der Waals surface area contributed by atoms with Gasteiger partial charge >= 0.3 is 0 Å². The van der Waals surface area contributed by atoms with Gasteiger partial charge < -0.3 is 4.98 Å². The molecule has 13 heavy (non-hydrogen) atoms. The van der Waals surface area contributed by atoms with Gasteiger partial charge in [0.2, 0.25) is 0 Å². The van der Waals surface area contributed by atoms with Crippen LogP contribution in [0.2, 0.25) is 0 Å². The molecule has 0 saturated heterocycles. The van der Waals surface area contributed by atoms with Crippen LogP contribution >= 0.6 is 0 Å². The molecule has 1 aliphatic rings. The van der Waals surface area contributed by atoms with E-state index in [1.165, 1.54) is 18.4 Å². The fourth-order valence-electron chi connectivity index (χ4n) is 1.63. The Morgan fingerprint density at radius 3 is 3.15 bits per heavy atom. The summed E-state index contributed by atoms with van der Waals surface area (Å²) in [5.74, 6) is 1.78. The third kappa shape index (κ3) is 0.978. The summed E-state index contributed by atoms with van der Waals surface area (Å²) in [5, 5.41) is 8.59. The number of nitrogens with one attached hydrogen (secondary N) is 1. The average molecular weight is 176 g/mol. The Hall–Kier alpha value is -1.32. The van der Waals surface area contributed by atoms with Crippen LogP contribution in [0.25, 0.3) is 5.65 Å². The van der Waals surface area contributed by atoms with Gasteiger partial charge in [-0.05, 0) is 19.3 Å². The van der Waals surface area contributed by atoms with Gasteiger partial charge in [-0.15, -0.1) is 9.73 Å². The third-order valence-corrected chi connectivity index (χ3v) is 2.62. The highest BCUT2D eigenvalue weighted by molar-refractivity contribution is 5.46. The van der Waals surface area contributed by atoms with Crippen LogP contribution in [0.15, 0.2) is 6.20 Å². The topological polar surface area (TPSA) is 46.0 Å². The second kappa shape index (κ2) is 2.34. The summed E-state index contributed by atoms with van der Waals surface area (Å²) in [4.78, 5) is 3.35. The van der Waals surface area contributed by atoms with Gasteiger partial charge in [0.25, 0.3) is 0 Å². The number of rotatable bonds is 2. The Kier molecular flexibility index (Phi) is 1.28. The molecule has 0 aromatic carbocycles. The van der Waals surface area contributed by atoms with Crippen LogP contribution < -0.4 is 0 Å². The zero-order valence-corrected chi connectivity index (χ0v) is 7.62.